The lowest BCUT2D eigenvalue weighted by Gasteiger charge is -2.31. The van der Waals surface area contributed by atoms with Gasteiger partial charge < -0.3 is 20.6 Å². The van der Waals surface area contributed by atoms with E-state index in [0.717, 1.165) is 10.1 Å². The number of carboxylic acids is 1. The molecule has 0 saturated carbocycles. The van der Waals surface area contributed by atoms with E-state index in [4.69, 9.17) is 23.2 Å². The predicted octanol–water partition coefficient (Wildman–Crippen LogP) is 5.45. The third kappa shape index (κ3) is 7.59. The van der Waals surface area contributed by atoms with Gasteiger partial charge in [-0.25, -0.2) is 0 Å². The highest BCUT2D eigenvalue weighted by atomic mass is 35.5. The highest BCUT2D eigenvalue weighted by Crippen LogP contribution is 2.37. The number of benzene rings is 2. The SMILES string of the molecule is O=C(O)C[C@H](CC(=O)Nc1ccccc1)NC(=O)C1CCN(C(=O)/C=C/c2cc3ccsc3c(Cl)c2Cl)CC1. The number of nitrogens with one attached hydrogen (secondary N) is 2. The zero-order valence-electron chi connectivity index (χ0n) is 20.9. The number of thiophene rings is 1. The second-order valence-corrected chi connectivity index (χ2v) is 11.0. The maximum Gasteiger partial charge on any atom is 0.305 e. The molecule has 2 aromatic carbocycles. The number of fused-ring (bicyclic) bond motifs is 1. The second kappa shape index (κ2) is 13.1. The van der Waals surface area contributed by atoms with Gasteiger partial charge in [0.2, 0.25) is 17.7 Å². The van der Waals surface area contributed by atoms with E-state index >= 15 is 0 Å². The molecule has 1 aliphatic heterocycles. The van der Waals surface area contributed by atoms with Gasteiger partial charge in [-0.1, -0.05) is 41.4 Å². The largest absolute Gasteiger partial charge is 0.481 e. The van der Waals surface area contributed by atoms with Crippen LogP contribution in [0.15, 0.2) is 53.9 Å². The molecular formula is C28H27Cl2N3O5S. The maximum atomic E-state index is 12.9. The zero-order chi connectivity index (χ0) is 27.9. The normalized spacial score (nSPS) is 14.9. The first-order chi connectivity index (χ1) is 18.7. The molecule has 11 heteroatoms. The van der Waals surface area contributed by atoms with Crippen molar-refractivity contribution >= 4 is 80.1 Å². The van der Waals surface area contributed by atoms with Crippen molar-refractivity contribution in [2.45, 2.75) is 31.7 Å². The van der Waals surface area contributed by atoms with Crippen molar-refractivity contribution in [1.82, 2.24) is 10.2 Å². The summed E-state index contributed by atoms with van der Waals surface area (Å²) in [5.41, 5.74) is 1.24. The zero-order valence-corrected chi connectivity index (χ0v) is 23.2. The Morgan fingerprint density at radius 2 is 1.77 bits per heavy atom. The molecule has 1 aliphatic rings. The minimum atomic E-state index is -1.11. The standard InChI is InChI=1S/C28H27Cl2N3O5S/c29-25-18(14-19-10-13-39-27(19)26(25)30)6-7-23(35)33-11-8-17(9-12-33)28(38)32-21(16-24(36)37)15-22(34)31-20-4-2-1-3-5-20/h1-7,10,13-14,17,21H,8-9,11-12,15-16H2,(H,31,34)(H,32,38)(H,36,37)/b7-6+/t21-/m0/s1. The number of piperidine rings is 1. The molecule has 3 amide bonds. The van der Waals surface area contributed by atoms with Crippen molar-refractivity contribution in [1.29, 1.82) is 0 Å². The number of hydrogen-bond donors (Lipinski definition) is 3. The van der Waals surface area contributed by atoms with Gasteiger partial charge in [-0.05, 0) is 59.5 Å². The van der Waals surface area contributed by atoms with Crippen LogP contribution in [0.5, 0.6) is 0 Å². The quantitative estimate of drug-likeness (QED) is 0.288. The van der Waals surface area contributed by atoms with Gasteiger partial charge in [-0.2, -0.15) is 0 Å². The van der Waals surface area contributed by atoms with Gasteiger partial charge in [0.15, 0.2) is 0 Å². The molecule has 4 rings (SSSR count). The van der Waals surface area contributed by atoms with E-state index < -0.39 is 12.0 Å². The van der Waals surface area contributed by atoms with Crippen molar-refractivity contribution in [3.63, 3.8) is 0 Å². The maximum absolute atomic E-state index is 12.9. The number of nitrogens with zero attached hydrogens (tertiary/aromatic N) is 1. The highest BCUT2D eigenvalue weighted by Gasteiger charge is 2.29. The van der Waals surface area contributed by atoms with Gasteiger partial charge in [-0.3, -0.25) is 19.2 Å². The molecule has 3 N–H and O–H groups in total. The summed E-state index contributed by atoms with van der Waals surface area (Å²) in [7, 11) is 0. The molecule has 204 valence electrons. The number of amides is 3. The Morgan fingerprint density at radius 3 is 2.46 bits per heavy atom. The van der Waals surface area contributed by atoms with Crippen LogP contribution in [-0.4, -0.2) is 52.8 Å². The number of likely N-dealkylation sites (tertiary alicyclic amines) is 1. The van der Waals surface area contributed by atoms with Crippen LogP contribution in [-0.2, 0) is 19.2 Å². The summed E-state index contributed by atoms with van der Waals surface area (Å²) in [5.74, 6) is -2.41. The molecule has 1 saturated heterocycles. The fourth-order valence-corrected chi connectivity index (χ4v) is 5.92. The van der Waals surface area contributed by atoms with Crippen LogP contribution in [0.1, 0.15) is 31.2 Å². The third-order valence-electron chi connectivity index (χ3n) is 6.49. The Balaban J connectivity index is 1.30. The van der Waals surface area contributed by atoms with Crippen LogP contribution in [0.3, 0.4) is 0 Å². The van der Waals surface area contributed by atoms with E-state index in [0.29, 0.717) is 47.2 Å². The molecule has 0 unspecified atom stereocenters. The monoisotopic (exact) mass is 587 g/mol. The van der Waals surface area contributed by atoms with Crippen LogP contribution in [0.4, 0.5) is 5.69 Å². The fourth-order valence-electron chi connectivity index (χ4n) is 4.48. The van der Waals surface area contributed by atoms with E-state index in [-0.39, 0.29) is 36.5 Å². The first-order valence-electron chi connectivity index (χ1n) is 12.4. The molecule has 3 aromatic rings. The van der Waals surface area contributed by atoms with Crippen molar-refractivity contribution < 1.29 is 24.3 Å². The van der Waals surface area contributed by atoms with E-state index in [1.54, 1.807) is 35.2 Å². The number of carbonyl (C=O) groups is 4. The fraction of sp³-hybridized carbons (Fsp3) is 0.286. The van der Waals surface area contributed by atoms with Gasteiger partial charge in [0.05, 0.1) is 21.2 Å². The topological polar surface area (TPSA) is 116 Å². The lowest BCUT2D eigenvalue weighted by atomic mass is 9.95. The van der Waals surface area contributed by atoms with Crippen LogP contribution in [0.25, 0.3) is 16.2 Å². The van der Waals surface area contributed by atoms with E-state index in [9.17, 15) is 24.3 Å². The smallest absolute Gasteiger partial charge is 0.305 e. The van der Waals surface area contributed by atoms with E-state index in [1.807, 2.05) is 23.6 Å². The minimum Gasteiger partial charge on any atom is -0.481 e. The lowest BCUT2D eigenvalue weighted by molar-refractivity contribution is -0.138. The molecule has 8 nitrogen and oxygen atoms in total. The first-order valence-corrected chi connectivity index (χ1v) is 14.0. The summed E-state index contributed by atoms with van der Waals surface area (Å²) >= 11 is 14.3. The molecule has 1 fully saturated rings. The van der Waals surface area contributed by atoms with Crippen molar-refractivity contribution in [2.75, 3.05) is 18.4 Å². The van der Waals surface area contributed by atoms with E-state index in [2.05, 4.69) is 10.6 Å². The molecule has 0 spiro atoms. The summed E-state index contributed by atoms with van der Waals surface area (Å²) in [6, 6.07) is 11.8. The average Bonchev–Trinajstić information content (AvgIpc) is 3.38. The van der Waals surface area contributed by atoms with E-state index in [1.165, 1.54) is 17.4 Å². The number of carbonyl (C=O) groups excluding carboxylic acids is 3. The molecule has 1 aromatic heterocycles. The number of halogens is 2. The van der Waals surface area contributed by atoms with Crippen LogP contribution < -0.4 is 10.6 Å². The van der Waals surface area contributed by atoms with Crippen LogP contribution in [0, 0.1) is 5.92 Å². The van der Waals surface area contributed by atoms with Gasteiger partial charge in [0.1, 0.15) is 0 Å². The Bertz CT molecular complexity index is 1400. The number of anilines is 1. The Hall–Kier alpha value is -3.40. The molecule has 1 atom stereocenters. The van der Waals surface area contributed by atoms with Gasteiger partial charge in [0, 0.05) is 43.2 Å². The van der Waals surface area contributed by atoms with Crippen LogP contribution in [0.2, 0.25) is 10.0 Å². The van der Waals surface area contributed by atoms with Crippen molar-refractivity contribution in [3.05, 3.63) is 69.5 Å². The lowest BCUT2D eigenvalue weighted by Crippen LogP contribution is -2.46. The summed E-state index contributed by atoms with van der Waals surface area (Å²) in [6.45, 7) is 0.745. The van der Waals surface area contributed by atoms with Gasteiger partial charge in [0.25, 0.3) is 0 Å². The van der Waals surface area contributed by atoms with Crippen LogP contribution >= 0.6 is 34.5 Å². The molecule has 0 radical (unpaired) electrons. The molecular weight excluding hydrogens is 561 g/mol. The molecule has 0 aliphatic carbocycles. The second-order valence-electron chi connectivity index (χ2n) is 9.29. The van der Waals surface area contributed by atoms with Gasteiger partial charge in [-0.15, -0.1) is 11.3 Å². The summed E-state index contributed by atoms with van der Waals surface area (Å²) in [4.78, 5) is 51.1. The number of para-hydroxylation sites is 1. The summed E-state index contributed by atoms with van der Waals surface area (Å²) in [5, 5.41) is 18.4. The Kier molecular flexibility index (Phi) is 9.61. The Morgan fingerprint density at radius 1 is 1.05 bits per heavy atom. The third-order valence-corrected chi connectivity index (χ3v) is 8.43. The highest BCUT2D eigenvalue weighted by molar-refractivity contribution is 7.18. The molecule has 39 heavy (non-hydrogen) atoms. The first kappa shape index (κ1) is 28.6. The number of aliphatic carboxylic acids is 1. The molecule has 2 heterocycles. The number of hydrogen-bond acceptors (Lipinski definition) is 5. The number of rotatable bonds is 9. The Labute approximate surface area is 239 Å². The average molecular weight is 589 g/mol. The van der Waals surface area contributed by atoms with Crippen molar-refractivity contribution in [3.8, 4) is 0 Å². The molecule has 0 bridgehead atoms. The summed E-state index contributed by atoms with van der Waals surface area (Å²) in [6.07, 6.45) is 3.40. The van der Waals surface area contributed by atoms with Gasteiger partial charge >= 0.3 is 5.97 Å². The summed E-state index contributed by atoms with van der Waals surface area (Å²) < 4.78 is 0.896. The minimum absolute atomic E-state index is 0.168. The van der Waals surface area contributed by atoms with Crippen molar-refractivity contribution in [2.24, 2.45) is 5.92 Å². The number of carboxylic acid groups (broad SMARTS) is 1. The predicted molar refractivity (Wildman–Crippen MR) is 154 cm³/mol.